The molecule has 1 atom stereocenters. The van der Waals surface area contributed by atoms with E-state index < -0.39 is 30.0 Å². The number of amides is 1. The van der Waals surface area contributed by atoms with Gasteiger partial charge in [-0.3, -0.25) is 9.59 Å². The first kappa shape index (κ1) is 23.4. The highest BCUT2D eigenvalue weighted by Crippen LogP contribution is 2.43. The SMILES string of the molecule is CC(C(N)=O)(C1CC1)n1nc(Cc2nc3cc(OCC(F)F)c(C#N)cc3[nH]2)c2ccccc2c1=O. The summed E-state index contributed by atoms with van der Waals surface area (Å²) in [5, 5.41) is 15.0. The first-order valence-electron chi connectivity index (χ1n) is 11.4. The monoisotopic (exact) mass is 492 g/mol. The van der Waals surface area contributed by atoms with Gasteiger partial charge in [-0.25, -0.2) is 18.4 Å². The summed E-state index contributed by atoms with van der Waals surface area (Å²) in [6.45, 7) is 0.806. The normalized spacial score (nSPS) is 15.2. The van der Waals surface area contributed by atoms with Crippen molar-refractivity contribution < 1.29 is 18.3 Å². The number of nitrogens with zero attached hydrogens (tertiary/aromatic N) is 4. The predicted molar refractivity (Wildman–Crippen MR) is 127 cm³/mol. The van der Waals surface area contributed by atoms with E-state index in [9.17, 15) is 23.6 Å². The van der Waals surface area contributed by atoms with Crippen LogP contribution in [-0.4, -0.2) is 38.7 Å². The van der Waals surface area contributed by atoms with Crippen LogP contribution in [0.3, 0.4) is 0 Å². The third-order valence-electron chi connectivity index (χ3n) is 6.65. The fourth-order valence-corrected chi connectivity index (χ4v) is 4.52. The number of carbonyl (C=O) groups excluding carboxylic acids is 1. The molecule has 1 fully saturated rings. The number of carbonyl (C=O) groups is 1. The van der Waals surface area contributed by atoms with E-state index in [0.29, 0.717) is 33.3 Å². The van der Waals surface area contributed by atoms with Crippen molar-refractivity contribution in [2.45, 2.75) is 38.2 Å². The maximum Gasteiger partial charge on any atom is 0.275 e. The van der Waals surface area contributed by atoms with Gasteiger partial charge in [0, 0.05) is 11.5 Å². The fraction of sp³-hybridized carbons (Fsp3) is 0.320. The Morgan fingerprint density at radius 1 is 1.33 bits per heavy atom. The van der Waals surface area contributed by atoms with E-state index in [1.54, 1.807) is 31.2 Å². The van der Waals surface area contributed by atoms with E-state index in [-0.39, 0.29) is 23.7 Å². The summed E-state index contributed by atoms with van der Waals surface area (Å²) in [4.78, 5) is 33.5. The first-order valence-corrected chi connectivity index (χ1v) is 11.4. The number of aromatic nitrogens is 4. The Labute approximate surface area is 203 Å². The molecule has 1 saturated carbocycles. The third kappa shape index (κ3) is 3.94. The van der Waals surface area contributed by atoms with Gasteiger partial charge >= 0.3 is 0 Å². The largest absolute Gasteiger partial charge is 0.486 e. The fourth-order valence-electron chi connectivity index (χ4n) is 4.52. The smallest absolute Gasteiger partial charge is 0.275 e. The number of nitrogens with two attached hydrogens (primary N) is 1. The maximum absolute atomic E-state index is 13.3. The minimum atomic E-state index is -2.68. The van der Waals surface area contributed by atoms with Crippen LogP contribution >= 0.6 is 0 Å². The highest BCUT2D eigenvalue weighted by atomic mass is 19.3. The molecule has 0 bridgehead atoms. The molecule has 0 aliphatic heterocycles. The van der Waals surface area contributed by atoms with Gasteiger partial charge in [-0.05, 0) is 37.8 Å². The van der Waals surface area contributed by atoms with Crippen molar-refractivity contribution in [3.8, 4) is 11.8 Å². The first-order chi connectivity index (χ1) is 17.2. The summed E-state index contributed by atoms with van der Waals surface area (Å²) in [5.41, 5.74) is 5.64. The summed E-state index contributed by atoms with van der Waals surface area (Å²) < 4.78 is 31.5. The van der Waals surface area contributed by atoms with Gasteiger partial charge in [-0.2, -0.15) is 10.4 Å². The van der Waals surface area contributed by atoms with Crippen molar-refractivity contribution in [1.29, 1.82) is 5.26 Å². The molecule has 2 aromatic carbocycles. The molecule has 1 aliphatic rings. The molecule has 11 heteroatoms. The molecule has 3 N–H and O–H groups in total. The molecule has 184 valence electrons. The number of hydrogen-bond acceptors (Lipinski definition) is 6. The van der Waals surface area contributed by atoms with Gasteiger partial charge in [-0.15, -0.1) is 0 Å². The van der Waals surface area contributed by atoms with E-state index in [2.05, 4.69) is 15.1 Å². The average Bonchev–Trinajstić information content (AvgIpc) is 3.64. The van der Waals surface area contributed by atoms with E-state index in [1.807, 2.05) is 6.07 Å². The van der Waals surface area contributed by atoms with Crippen LogP contribution in [-0.2, 0) is 16.8 Å². The molecule has 2 aromatic heterocycles. The number of alkyl halides is 2. The number of rotatable bonds is 8. The number of halogens is 2. The van der Waals surface area contributed by atoms with Gasteiger partial charge in [0.25, 0.3) is 12.0 Å². The Morgan fingerprint density at radius 3 is 2.69 bits per heavy atom. The van der Waals surface area contributed by atoms with Crippen LogP contribution in [0.25, 0.3) is 21.8 Å². The van der Waals surface area contributed by atoms with Gasteiger partial charge in [0.05, 0.1) is 34.1 Å². The number of ether oxygens (including phenoxy) is 1. The third-order valence-corrected chi connectivity index (χ3v) is 6.65. The number of aromatic amines is 1. The molecule has 2 heterocycles. The number of nitriles is 1. The quantitative estimate of drug-likeness (QED) is 0.388. The summed E-state index contributed by atoms with van der Waals surface area (Å²) in [6.07, 6.45) is -0.962. The zero-order valence-electron chi connectivity index (χ0n) is 19.3. The molecule has 1 unspecified atom stereocenters. The highest BCUT2D eigenvalue weighted by Gasteiger charge is 2.49. The van der Waals surface area contributed by atoms with Gasteiger partial charge in [0.1, 0.15) is 29.8 Å². The number of benzene rings is 2. The molecule has 0 saturated heterocycles. The van der Waals surface area contributed by atoms with Crippen molar-refractivity contribution >= 4 is 27.7 Å². The number of primary amides is 1. The van der Waals surface area contributed by atoms with Crippen molar-refractivity contribution in [1.82, 2.24) is 19.7 Å². The summed E-state index contributed by atoms with van der Waals surface area (Å²) in [7, 11) is 0. The predicted octanol–water partition coefficient (Wildman–Crippen LogP) is 2.99. The topological polar surface area (TPSA) is 140 Å². The second kappa shape index (κ2) is 8.71. The van der Waals surface area contributed by atoms with Crippen LogP contribution in [0.2, 0.25) is 0 Å². The van der Waals surface area contributed by atoms with Crippen LogP contribution in [0.5, 0.6) is 5.75 Å². The van der Waals surface area contributed by atoms with Crippen molar-refractivity contribution in [3.05, 3.63) is 63.8 Å². The zero-order valence-corrected chi connectivity index (χ0v) is 19.3. The minimum absolute atomic E-state index is 0.0159. The standard InChI is InChI=1S/C25H22F2N6O3/c1-25(24(29)35,14-6-7-14)33-23(34)16-5-3-2-4-15(16)17(32-33)10-22-30-18-8-13(11-28)20(9-19(18)31-22)36-12-21(26)27/h2-5,8-9,14,21H,6-7,10,12H2,1H3,(H2,29,35)(H,30,31). The van der Waals surface area contributed by atoms with Gasteiger partial charge in [0.2, 0.25) is 5.91 Å². The van der Waals surface area contributed by atoms with E-state index in [1.165, 1.54) is 16.8 Å². The van der Waals surface area contributed by atoms with Crippen molar-refractivity contribution in [2.24, 2.45) is 11.7 Å². The number of H-pyrrole nitrogens is 1. The molecule has 36 heavy (non-hydrogen) atoms. The van der Waals surface area contributed by atoms with E-state index in [4.69, 9.17) is 10.5 Å². The van der Waals surface area contributed by atoms with Crippen LogP contribution in [0.15, 0.2) is 41.2 Å². The van der Waals surface area contributed by atoms with Gasteiger partial charge in [-0.1, -0.05) is 18.2 Å². The van der Waals surface area contributed by atoms with Gasteiger partial charge in [0.15, 0.2) is 0 Å². The lowest BCUT2D eigenvalue weighted by atomic mass is 9.94. The molecular formula is C25H22F2N6O3. The summed E-state index contributed by atoms with van der Waals surface area (Å²) in [6, 6.07) is 11.8. The number of imidazole rings is 1. The number of fused-ring (bicyclic) bond motifs is 2. The van der Waals surface area contributed by atoms with E-state index in [0.717, 1.165) is 12.8 Å². The Balaban J connectivity index is 1.60. The van der Waals surface area contributed by atoms with Gasteiger partial charge < -0.3 is 15.5 Å². The zero-order chi connectivity index (χ0) is 25.6. The second-order valence-corrected chi connectivity index (χ2v) is 9.03. The van der Waals surface area contributed by atoms with Crippen LogP contribution < -0.4 is 16.0 Å². The highest BCUT2D eigenvalue weighted by molar-refractivity contribution is 5.86. The van der Waals surface area contributed by atoms with Crippen molar-refractivity contribution in [3.63, 3.8) is 0 Å². The average molecular weight is 492 g/mol. The lowest BCUT2D eigenvalue weighted by Crippen LogP contribution is -2.51. The number of hydrogen-bond donors (Lipinski definition) is 2. The summed E-state index contributed by atoms with van der Waals surface area (Å²) in [5.74, 6) is -0.210. The van der Waals surface area contributed by atoms with E-state index >= 15 is 0 Å². The van der Waals surface area contributed by atoms with Crippen LogP contribution in [0, 0.1) is 17.2 Å². The second-order valence-electron chi connectivity index (χ2n) is 9.03. The molecule has 5 rings (SSSR count). The molecule has 1 aliphatic carbocycles. The Bertz CT molecular complexity index is 1600. The lowest BCUT2D eigenvalue weighted by molar-refractivity contribution is -0.127. The molecule has 9 nitrogen and oxygen atoms in total. The maximum atomic E-state index is 13.3. The summed E-state index contributed by atoms with van der Waals surface area (Å²) >= 11 is 0. The molecule has 1 amide bonds. The lowest BCUT2D eigenvalue weighted by Gasteiger charge is -2.28. The molecule has 4 aromatic rings. The molecular weight excluding hydrogens is 470 g/mol. The molecule has 0 radical (unpaired) electrons. The Kier molecular flexibility index (Phi) is 5.67. The number of nitrogens with one attached hydrogen (secondary N) is 1. The Morgan fingerprint density at radius 2 is 2.06 bits per heavy atom. The Hall–Kier alpha value is -4.33. The molecule has 0 spiro atoms. The minimum Gasteiger partial charge on any atom is -0.486 e. The van der Waals surface area contributed by atoms with Crippen LogP contribution in [0.1, 0.15) is 36.8 Å². The van der Waals surface area contributed by atoms with Crippen LogP contribution in [0.4, 0.5) is 8.78 Å². The van der Waals surface area contributed by atoms with Crippen molar-refractivity contribution in [2.75, 3.05) is 6.61 Å².